The lowest BCUT2D eigenvalue weighted by Gasteiger charge is -2.24. The van der Waals surface area contributed by atoms with Gasteiger partial charge in [0.25, 0.3) is 0 Å². The SMILES string of the molecule is NC1CCCC1C(=O)N1CCCNC(=O)C1. The van der Waals surface area contributed by atoms with Crippen LogP contribution in [0.15, 0.2) is 0 Å². The van der Waals surface area contributed by atoms with Gasteiger partial charge in [-0.25, -0.2) is 0 Å². The van der Waals surface area contributed by atoms with E-state index in [0.717, 1.165) is 25.7 Å². The molecule has 16 heavy (non-hydrogen) atoms. The average Bonchev–Trinajstić information content (AvgIpc) is 2.55. The summed E-state index contributed by atoms with van der Waals surface area (Å²) in [6.45, 7) is 1.53. The van der Waals surface area contributed by atoms with Gasteiger partial charge in [0.1, 0.15) is 0 Å². The minimum Gasteiger partial charge on any atom is -0.354 e. The molecular formula is C11H19N3O2. The lowest BCUT2D eigenvalue weighted by atomic mass is 10.0. The van der Waals surface area contributed by atoms with Gasteiger partial charge in [0.15, 0.2) is 0 Å². The van der Waals surface area contributed by atoms with Crippen molar-refractivity contribution in [3.05, 3.63) is 0 Å². The Morgan fingerprint density at radius 3 is 2.88 bits per heavy atom. The molecule has 1 saturated heterocycles. The molecule has 0 radical (unpaired) electrons. The first-order valence-corrected chi connectivity index (χ1v) is 5.99. The highest BCUT2D eigenvalue weighted by molar-refractivity contribution is 5.86. The molecule has 0 spiro atoms. The van der Waals surface area contributed by atoms with E-state index in [-0.39, 0.29) is 30.3 Å². The van der Waals surface area contributed by atoms with Crippen LogP contribution in [0.4, 0.5) is 0 Å². The number of nitrogens with zero attached hydrogens (tertiary/aromatic N) is 1. The highest BCUT2D eigenvalue weighted by Crippen LogP contribution is 2.26. The zero-order chi connectivity index (χ0) is 11.5. The lowest BCUT2D eigenvalue weighted by Crippen LogP contribution is -2.44. The molecule has 2 fully saturated rings. The summed E-state index contributed by atoms with van der Waals surface area (Å²) in [5.41, 5.74) is 5.91. The van der Waals surface area contributed by atoms with Crippen LogP contribution in [-0.4, -0.2) is 42.4 Å². The Kier molecular flexibility index (Phi) is 3.43. The summed E-state index contributed by atoms with van der Waals surface area (Å²) < 4.78 is 0. The van der Waals surface area contributed by atoms with Crippen LogP contribution in [0, 0.1) is 5.92 Å². The van der Waals surface area contributed by atoms with Gasteiger partial charge in [-0.1, -0.05) is 6.42 Å². The third-order valence-electron chi connectivity index (χ3n) is 3.46. The Morgan fingerprint density at radius 1 is 1.38 bits per heavy atom. The van der Waals surface area contributed by atoms with Crippen LogP contribution >= 0.6 is 0 Å². The van der Waals surface area contributed by atoms with E-state index in [1.165, 1.54) is 0 Å². The van der Waals surface area contributed by atoms with Gasteiger partial charge in [-0.05, 0) is 19.3 Å². The summed E-state index contributed by atoms with van der Waals surface area (Å²) in [4.78, 5) is 25.2. The van der Waals surface area contributed by atoms with Crippen molar-refractivity contribution in [2.24, 2.45) is 11.7 Å². The van der Waals surface area contributed by atoms with Crippen molar-refractivity contribution >= 4 is 11.8 Å². The Hall–Kier alpha value is -1.10. The number of amides is 2. The molecule has 0 bridgehead atoms. The zero-order valence-corrected chi connectivity index (χ0v) is 9.45. The molecule has 1 saturated carbocycles. The van der Waals surface area contributed by atoms with E-state index in [9.17, 15) is 9.59 Å². The number of rotatable bonds is 1. The Morgan fingerprint density at radius 2 is 2.19 bits per heavy atom. The molecule has 1 heterocycles. The normalized spacial score (nSPS) is 31.1. The number of nitrogens with one attached hydrogen (secondary N) is 1. The first-order valence-electron chi connectivity index (χ1n) is 5.99. The molecule has 1 aliphatic heterocycles. The number of nitrogens with two attached hydrogens (primary N) is 1. The number of carbonyl (C=O) groups is 2. The molecule has 90 valence electrons. The summed E-state index contributed by atoms with van der Waals surface area (Å²) in [5.74, 6) is -0.0506. The average molecular weight is 225 g/mol. The number of hydrogen-bond donors (Lipinski definition) is 2. The second kappa shape index (κ2) is 4.82. The van der Waals surface area contributed by atoms with Crippen molar-refractivity contribution in [3.63, 3.8) is 0 Å². The second-order valence-electron chi connectivity index (χ2n) is 4.66. The number of carbonyl (C=O) groups excluding carboxylic acids is 2. The predicted octanol–water partition coefficient (Wildman–Crippen LogP) is -0.538. The van der Waals surface area contributed by atoms with E-state index >= 15 is 0 Å². The van der Waals surface area contributed by atoms with Crippen LogP contribution in [-0.2, 0) is 9.59 Å². The maximum atomic E-state index is 12.2. The minimum atomic E-state index is -0.0640. The molecule has 3 N–H and O–H groups in total. The standard InChI is InChI=1S/C11H19N3O2/c12-9-4-1-3-8(9)11(16)14-6-2-5-13-10(15)7-14/h8-9H,1-7,12H2,(H,13,15). The summed E-state index contributed by atoms with van der Waals surface area (Å²) >= 11 is 0. The van der Waals surface area contributed by atoms with E-state index in [4.69, 9.17) is 5.73 Å². The molecule has 1 aliphatic carbocycles. The van der Waals surface area contributed by atoms with Crippen LogP contribution in [0.3, 0.4) is 0 Å². The van der Waals surface area contributed by atoms with Crippen molar-refractivity contribution in [1.82, 2.24) is 10.2 Å². The smallest absolute Gasteiger partial charge is 0.239 e. The molecule has 2 unspecified atom stereocenters. The summed E-state index contributed by atoms with van der Waals surface area (Å²) in [6.07, 6.45) is 3.66. The lowest BCUT2D eigenvalue weighted by molar-refractivity contribution is -0.138. The van der Waals surface area contributed by atoms with Gasteiger partial charge in [-0.15, -0.1) is 0 Å². The molecule has 2 aliphatic rings. The van der Waals surface area contributed by atoms with Crippen LogP contribution in [0.25, 0.3) is 0 Å². The number of hydrogen-bond acceptors (Lipinski definition) is 3. The fourth-order valence-corrected chi connectivity index (χ4v) is 2.52. The van der Waals surface area contributed by atoms with Gasteiger partial charge in [0.2, 0.25) is 11.8 Å². The topological polar surface area (TPSA) is 75.4 Å². The third kappa shape index (κ3) is 2.35. The quantitative estimate of drug-likeness (QED) is 0.629. The van der Waals surface area contributed by atoms with Crippen molar-refractivity contribution in [2.45, 2.75) is 31.7 Å². The first kappa shape index (κ1) is 11.4. The first-order chi connectivity index (χ1) is 7.68. The van der Waals surface area contributed by atoms with Gasteiger partial charge in [0, 0.05) is 19.1 Å². The van der Waals surface area contributed by atoms with Gasteiger partial charge in [-0.2, -0.15) is 0 Å². The van der Waals surface area contributed by atoms with Crippen molar-refractivity contribution in [3.8, 4) is 0 Å². The molecule has 0 aromatic rings. The van der Waals surface area contributed by atoms with E-state index in [0.29, 0.717) is 13.1 Å². The van der Waals surface area contributed by atoms with E-state index < -0.39 is 0 Å². The fraction of sp³-hybridized carbons (Fsp3) is 0.818. The van der Waals surface area contributed by atoms with Crippen LogP contribution in [0.5, 0.6) is 0 Å². The molecule has 2 atom stereocenters. The van der Waals surface area contributed by atoms with Crippen LogP contribution in [0.2, 0.25) is 0 Å². The third-order valence-corrected chi connectivity index (χ3v) is 3.46. The molecule has 2 amide bonds. The van der Waals surface area contributed by atoms with E-state index in [1.807, 2.05) is 0 Å². The zero-order valence-electron chi connectivity index (χ0n) is 9.45. The second-order valence-corrected chi connectivity index (χ2v) is 4.66. The van der Waals surface area contributed by atoms with Gasteiger partial charge < -0.3 is 16.0 Å². The molecule has 0 aromatic heterocycles. The molecular weight excluding hydrogens is 206 g/mol. The van der Waals surface area contributed by atoms with Crippen LogP contribution in [0.1, 0.15) is 25.7 Å². The van der Waals surface area contributed by atoms with Crippen molar-refractivity contribution in [2.75, 3.05) is 19.6 Å². The highest BCUT2D eigenvalue weighted by atomic mass is 16.2. The summed E-state index contributed by atoms with van der Waals surface area (Å²) in [6, 6.07) is -0.0150. The molecule has 2 rings (SSSR count). The maximum absolute atomic E-state index is 12.2. The van der Waals surface area contributed by atoms with Gasteiger partial charge in [0.05, 0.1) is 12.5 Å². The predicted molar refractivity (Wildman–Crippen MR) is 59.5 cm³/mol. The summed E-state index contributed by atoms with van der Waals surface area (Å²) in [7, 11) is 0. The Bertz CT molecular complexity index is 293. The molecule has 5 nitrogen and oxygen atoms in total. The Labute approximate surface area is 95.3 Å². The minimum absolute atomic E-state index is 0.0150. The summed E-state index contributed by atoms with van der Waals surface area (Å²) in [5, 5.41) is 2.77. The highest BCUT2D eigenvalue weighted by Gasteiger charge is 2.34. The van der Waals surface area contributed by atoms with Gasteiger partial charge in [-0.3, -0.25) is 9.59 Å². The van der Waals surface area contributed by atoms with Crippen LogP contribution < -0.4 is 11.1 Å². The van der Waals surface area contributed by atoms with E-state index in [2.05, 4.69) is 5.32 Å². The molecule has 0 aromatic carbocycles. The molecule has 5 heteroatoms. The van der Waals surface area contributed by atoms with Gasteiger partial charge >= 0.3 is 0 Å². The van der Waals surface area contributed by atoms with E-state index in [1.54, 1.807) is 4.90 Å². The maximum Gasteiger partial charge on any atom is 0.239 e. The Balaban J connectivity index is 1.99. The van der Waals surface area contributed by atoms with Crippen molar-refractivity contribution < 1.29 is 9.59 Å². The fourth-order valence-electron chi connectivity index (χ4n) is 2.52. The largest absolute Gasteiger partial charge is 0.354 e. The monoisotopic (exact) mass is 225 g/mol. The van der Waals surface area contributed by atoms with Crippen molar-refractivity contribution in [1.29, 1.82) is 0 Å².